The van der Waals surface area contributed by atoms with Gasteiger partial charge >= 0.3 is 5.97 Å². The molecule has 0 radical (unpaired) electrons. The summed E-state index contributed by atoms with van der Waals surface area (Å²) in [6.07, 6.45) is 0. The predicted octanol–water partition coefficient (Wildman–Crippen LogP) is 1.96. The average molecular weight is 310 g/mol. The lowest BCUT2D eigenvalue weighted by molar-refractivity contribution is 0.0516. The maximum Gasteiger partial charge on any atom is 0.355 e. The van der Waals surface area contributed by atoms with Gasteiger partial charge in [0.1, 0.15) is 17.3 Å². The number of benzene rings is 1. The second kappa shape index (κ2) is 6.71. The number of aromatic amines is 1. The van der Waals surface area contributed by atoms with Crippen LogP contribution in [0, 0.1) is 18.3 Å². The monoisotopic (exact) mass is 310 g/mol. The highest BCUT2D eigenvalue weighted by molar-refractivity contribution is 6.14. The summed E-state index contributed by atoms with van der Waals surface area (Å²) in [7, 11) is 0. The minimum atomic E-state index is -0.815. The summed E-state index contributed by atoms with van der Waals surface area (Å²) in [5.41, 5.74) is 0.0258. The minimum absolute atomic E-state index is 0.0662. The fourth-order valence-electron chi connectivity index (χ4n) is 2.02. The van der Waals surface area contributed by atoms with E-state index in [1.54, 1.807) is 37.3 Å². The van der Waals surface area contributed by atoms with Gasteiger partial charge in [-0.25, -0.2) is 4.79 Å². The number of nitrogens with one attached hydrogen (secondary N) is 1. The Hall–Kier alpha value is -3.20. The highest BCUT2D eigenvalue weighted by atomic mass is 16.5. The number of pyridine rings is 1. The zero-order valence-electron chi connectivity index (χ0n) is 12.7. The molecule has 0 atom stereocenters. The number of nitriles is 1. The molecule has 6 nitrogen and oxygen atoms in total. The normalized spacial score (nSPS) is 9.96. The van der Waals surface area contributed by atoms with Gasteiger partial charge in [-0.3, -0.25) is 9.59 Å². The molecule has 0 fully saturated rings. The van der Waals surface area contributed by atoms with Crippen LogP contribution in [0.1, 0.15) is 44.5 Å². The molecule has 1 N–H and O–H groups in total. The van der Waals surface area contributed by atoms with Crippen molar-refractivity contribution < 1.29 is 14.3 Å². The van der Waals surface area contributed by atoms with E-state index in [-0.39, 0.29) is 23.4 Å². The van der Waals surface area contributed by atoms with Crippen molar-refractivity contribution in [3.63, 3.8) is 0 Å². The molecule has 0 bridgehead atoms. The van der Waals surface area contributed by atoms with Gasteiger partial charge in [-0.2, -0.15) is 5.26 Å². The number of esters is 1. The molecule has 2 aromatic rings. The molecular formula is C17H14N2O4. The van der Waals surface area contributed by atoms with Gasteiger partial charge < -0.3 is 9.72 Å². The first-order valence-corrected chi connectivity index (χ1v) is 6.93. The lowest BCUT2D eigenvalue weighted by atomic mass is 9.99. The van der Waals surface area contributed by atoms with Crippen LogP contribution in [0.3, 0.4) is 0 Å². The first-order chi connectivity index (χ1) is 11.0. The quantitative estimate of drug-likeness (QED) is 0.687. The highest BCUT2D eigenvalue weighted by Gasteiger charge is 2.22. The molecule has 0 amide bonds. The Morgan fingerprint density at radius 3 is 2.48 bits per heavy atom. The average Bonchev–Trinajstić information content (AvgIpc) is 2.55. The van der Waals surface area contributed by atoms with Crippen LogP contribution in [0.15, 0.2) is 35.1 Å². The summed E-state index contributed by atoms with van der Waals surface area (Å²) in [5, 5.41) is 8.97. The van der Waals surface area contributed by atoms with Gasteiger partial charge in [0.05, 0.1) is 12.2 Å². The molecule has 0 spiro atoms. The molecule has 0 aliphatic heterocycles. The van der Waals surface area contributed by atoms with Crippen LogP contribution in [-0.4, -0.2) is 23.3 Å². The van der Waals surface area contributed by atoms with Crippen molar-refractivity contribution in [2.75, 3.05) is 6.61 Å². The number of ketones is 1. The van der Waals surface area contributed by atoms with Gasteiger partial charge in [0.15, 0.2) is 5.78 Å². The Morgan fingerprint density at radius 1 is 1.26 bits per heavy atom. The van der Waals surface area contributed by atoms with Crippen LogP contribution in [0.2, 0.25) is 0 Å². The van der Waals surface area contributed by atoms with Crippen LogP contribution in [0.25, 0.3) is 0 Å². The Balaban J connectivity index is 2.61. The molecule has 2 rings (SSSR count). The highest BCUT2D eigenvalue weighted by Crippen LogP contribution is 2.15. The van der Waals surface area contributed by atoms with Crippen molar-refractivity contribution in [2.24, 2.45) is 0 Å². The van der Waals surface area contributed by atoms with E-state index >= 15 is 0 Å². The third-order valence-corrected chi connectivity index (χ3v) is 3.20. The van der Waals surface area contributed by atoms with Gasteiger partial charge in [-0.15, -0.1) is 0 Å². The Morgan fingerprint density at radius 2 is 1.91 bits per heavy atom. The van der Waals surface area contributed by atoms with E-state index in [1.165, 1.54) is 0 Å². The lowest BCUT2D eigenvalue weighted by Crippen LogP contribution is -2.22. The predicted molar refractivity (Wildman–Crippen MR) is 82.3 cm³/mol. The largest absolute Gasteiger partial charge is 0.461 e. The smallest absolute Gasteiger partial charge is 0.355 e. The number of carbonyl (C=O) groups is 2. The van der Waals surface area contributed by atoms with Crippen molar-refractivity contribution in [1.82, 2.24) is 4.98 Å². The Bertz CT molecular complexity index is 858. The zero-order chi connectivity index (χ0) is 17.0. The van der Waals surface area contributed by atoms with Crippen LogP contribution in [-0.2, 0) is 4.74 Å². The standard InChI is InChI=1S/C17H14N2O4/c1-3-23-17(22)14-13(8-12(9-18)16(21)19-14)15(20)11-6-4-10(2)5-7-11/h4-8H,3H2,1-2H3,(H,19,21). The molecule has 1 heterocycles. The Kier molecular flexibility index (Phi) is 4.72. The summed E-state index contributed by atoms with van der Waals surface area (Å²) >= 11 is 0. The number of rotatable bonds is 4. The third-order valence-electron chi connectivity index (χ3n) is 3.20. The summed E-state index contributed by atoms with van der Waals surface area (Å²) in [6.45, 7) is 3.59. The number of ether oxygens (including phenoxy) is 1. The Labute approximate surface area is 132 Å². The number of carbonyl (C=O) groups excluding carboxylic acids is 2. The molecule has 0 saturated heterocycles. The van der Waals surface area contributed by atoms with Crippen LogP contribution >= 0.6 is 0 Å². The summed E-state index contributed by atoms with van der Waals surface area (Å²) in [5.74, 6) is -1.29. The maximum absolute atomic E-state index is 12.6. The lowest BCUT2D eigenvalue weighted by Gasteiger charge is -2.08. The van der Waals surface area contributed by atoms with Crippen molar-refractivity contribution in [3.05, 3.63) is 68.6 Å². The molecule has 1 aromatic heterocycles. The molecule has 116 valence electrons. The van der Waals surface area contributed by atoms with E-state index in [0.717, 1.165) is 11.6 Å². The SMILES string of the molecule is CCOC(=O)c1[nH]c(=O)c(C#N)cc1C(=O)c1ccc(C)cc1. The molecular weight excluding hydrogens is 296 g/mol. The van der Waals surface area contributed by atoms with E-state index in [4.69, 9.17) is 10.00 Å². The van der Waals surface area contributed by atoms with Crippen LogP contribution in [0.5, 0.6) is 0 Å². The first-order valence-electron chi connectivity index (χ1n) is 6.93. The number of hydrogen-bond donors (Lipinski definition) is 1. The van der Waals surface area contributed by atoms with Crippen molar-refractivity contribution in [3.8, 4) is 6.07 Å². The second-order valence-corrected chi connectivity index (χ2v) is 4.83. The van der Waals surface area contributed by atoms with Gasteiger partial charge in [0.25, 0.3) is 5.56 Å². The molecule has 23 heavy (non-hydrogen) atoms. The van der Waals surface area contributed by atoms with E-state index in [1.807, 2.05) is 6.92 Å². The zero-order valence-corrected chi connectivity index (χ0v) is 12.7. The fourth-order valence-corrected chi connectivity index (χ4v) is 2.02. The third kappa shape index (κ3) is 3.35. The van der Waals surface area contributed by atoms with E-state index < -0.39 is 17.3 Å². The van der Waals surface area contributed by atoms with Crippen molar-refractivity contribution in [2.45, 2.75) is 13.8 Å². The van der Waals surface area contributed by atoms with Gasteiger partial charge in [0, 0.05) is 5.56 Å². The van der Waals surface area contributed by atoms with Gasteiger partial charge in [-0.05, 0) is 19.9 Å². The van der Waals surface area contributed by atoms with Crippen LogP contribution < -0.4 is 5.56 Å². The number of aryl methyl sites for hydroxylation is 1. The minimum Gasteiger partial charge on any atom is -0.461 e. The molecule has 0 saturated carbocycles. The fraction of sp³-hybridized carbons (Fsp3) is 0.176. The molecule has 1 aromatic carbocycles. The summed E-state index contributed by atoms with van der Waals surface area (Å²) < 4.78 is 4.86. The van der Waals surface area contributed by atoms with Crippen molar-refractivity contribution >= 4 is 11.8 Å². The first kappa shape index (κ1) is 16.2. The molecule has 0 aliphatic rings. The number of hydrogen-bond acceptors (Lipinski definition) is 5. The van der Waals surface area contributed by atoms with Gasteiger partial charge in [0.2, 0.25) is 0 Å². The van der Waals surface area contributed by atoms with Crippen molar-refractivity contribution in [1.29, 1.82) is 5.26 Å². The van der Waals surface area contributed by atoms with Crippen LogP contribution in [0.4, 0.5) is 0 Å². The second-order valence-electron chi connectivity index (χ2n) is 4.83. The number of H-pyrrole nitrogens is 1. The summed E-state index contributed by atoms with van der Waals surface area (Å²) in [4.78, 5) is 38.6. The molecule has 6 heteroatoms. The molecule has 0 unspecified atom stereocenters. The summed E-state index contributed by atoms with van der Waals surface area (Å²) in [6, 6.07) is 9.57. The van der Waals surface area contributed by atoms with E-state index in [9.17, 15) is 14.4 Å². The topological polar surface area (TPSA) is 100 Å². The maximum atomic E-state index is 12.6. The number of nitrogens with zero attached hydrogens (tertiary/aromatic N) is 1. The van der Waals surface area contributed by atoms with E-state index in [2.05, 4.69) is 4.98 Å². The van der Waals surface area contributed by atoms with E-state index in [0.29, 0.717) is 5.56 Å². The van der Waals surface area contributed by atoms with Gasteiger partial charge in [-0.1, -0.05) is 29.8 Å². The molecule has 0 aliphatic carbocycles. The number of aromatic nitrogens is 1.